The van der Waals surface area contributed by atoms with Gasteiger partial charge in [0.25, 0.3) is 5.69 Å². The van der Waals surface area contributed by atoms with E-state index < -0.39 is 40.7 Å². The van der Waals surface area contributed by atoms with Gasteiger partial charge in [-0.3, -0.25) is 24.5 Å². The molecule has 3 aliphatic heterocycles. The third-order valence-electron chi connectivity index (χ3n) is 7.10. The van der Waals surface area contributed by atoms with E-state index in [-0.39, 0.29) is 11.6 Å². The largest absolute Gasteiger partial charge is 0.351 e. The van der Waals surface area contributed by atoms with Crippen molar-refractivity contribution < 1.29 is 19.3 Å². The predicted molar refractivity (Wildman–Crippen MR) is 138 cm³/mol. The zero-order valence-corrected chi connectivity index (χ0v) is 19.9. The number of rotatable bonds is 4. The molecular formula is C27H19ClN4O5. The Kier molecular flexibility index (Phi) is 5.31. The number of fused-ring (bicyclic) bond motifs is 5. The number of hydrogen-bond acceptors (Lipinski definition) is 6. The van der Waals surface area contributed by atoms with E-state index in [0.29, 0.717) is 16.4 Å². The molecule has 4 atom stereocenters. The summed E-state index contributed by atoms with van der Waals surface area (Å²) in [5.74, 6) is -3.05. The van der Waals surface area contributed by atoms with E-state index >= 15 is 0 Å². The molecule has 1 N–H and O–H groups in total. The lowest BCUT2D eigenvalue weighted by Crippen LogP contribution is -2.50. The minimum absolute atomic E-state index is 0.109. The second-order valence-corrected chi connectivity index (χ2v) is 9.53. The van der Waals surface area contributed by atoms with Crippen LogP contribution in [0.25, 0.3) is 6.08 Å². The van der Waals surface area contributed by atoms with E-state index in [9.17, 15) is 24.5 Å². The van der Waals surface area contributed by atoms with Gasteiger partial charge in [-0.1, -0.05) is 48.0 Å². The Balaban J connectivity index is 1.41. The summed E-state index contributed by atoms with van der Waals surface area (Å²) in [7, 11) is 0. The van der Waals surface area contributed by atoms with E-state index in [2.05, 4.69) is 5.32 Å². The van der Waals surface area contributed by atoms with Crippen LogP contribution in [-0.2, 0) is 14.4 Å². The van der Waals surface area contributed by atoms with Crippen molar-refractivity contribution in [1.82, 2.24) is 0 Å². The molecular weight excluding hydrogens is 496 g/mol. The SMILES string of the molecule is O=C(Nc1ccc([N+](=O)[O-])cc1)[C@@H]1[C@@H]2C(=O)N(c3cccc(Cl)c3)C(=O)[C@@H]2[C@H]2C=Cc3ccccc3N21. The summed E-state index contributed by atoms with van der Waals surface area (Å²) in [4.78, 5) is 54.7. The maximum atomic E-state index is 13.8. The number of non-ortho nitro benzene ring substituents is 1. The number of anilines is 3. The highest BCUT2D eigenvalue weighted by Gasteiger charge is 2.64. The molecule has 3 aromatic rings. The Morgan fingerprint density at radius 1 is 0.946 bits per heavy atom. The number of amides is 3. The summed E-state index contributed by atoms with van der Waals surface area (Å²) < 4.78 is 0. The van der Waals surface area contributed by atoms with Crippen molar-refractivity contribution in [3.05, 3.63) is 99.6 Å². The number of nitro groups is 1. The Bertz CT molecular complexity index is 1500. The zero-order valence-electron chi connectivity index (χ0n) is 19.2. The number of benzene rings is 3. The first kappa shape index (κ1) is 22.9. The fourth-order valence-electron chi connectivity index (χ4n) is 5.57. The lowest BCUT2D eigenvalue weighted by molar-refractivity contribution is -0.384. The number of nitrogens with zero attached hydrogens (tertiary/aromatic N) is 3. The van der Waals surface area contributed by atoms with Crippen molar-refractivity contribution in [2.75, 3.05) is 15.1 Å². The molecule has 3 heterocycles. The summed E-state index contributed by atoms with van der Waals surface area (Å²) in [6.45, 7) is 0. The van der Waals surface area contributed by atoms with Gasteiger partial charge in [0.05, 0.1) is 28.5 Å². The summed E-state index contributed by atoms with van der Waals surface area (Å²) in [5.41, 5.74) is 2.22. The number of carbonyl (C=O) groups is 3. The first-order valence-corrected chi connectivity index (χ1v) is 12.0. The van der Waals surface area contributed by atoms with E-state index in [1.165, 1.54) is 24.3 Å². The van der Waals surface area contributed by atoms with Crippen molar-refractivity contribution in [1.29, 1.82) is 0 Å². The highest BCUT2D eigenvalue weighted by molar-refractivity contribution is 6.31. The molecule has 0 saturated carbocycles. The zero-order chi connectivity index (χ0) is 25.8. The molecule has 0 aromatic heterocycles. The average Bonchev–Trinajstić information content (AvgIpc) is 3.37. The molecule has 9 nitrogen and oxygen atoms in total. The van der Waals surface area contributed by atoms with Crippen LogP contribution in [0.4, 0.5) is 22.7 Å². The summed E-state index contributed by atoms with van der Waals surface area (Å²) >= 11 is 6.13. The van der Waals surface area contributed by atoms with E-state index in [0.717, 1.165) is 16.2 Å². The third-order valence-corrected chi connectivity index (χ3v) is 7.33. The molecule has 0 bridgehead atoms. The molecule has 184 valence electrons. The van der Waals surface area contributed by atoms with Crippen molar-refractivity contribution in [2.45, 2.75) is 12.1 Å². The summed E-state index contributed by atoms with van der Waals surface area (Å²) in [5, 5.41) is 14.2. The highest BCUT2D eigenvalue weighted by atomic mass is 35.5. The maximum Gasteiger partial charge on any atom is 0.269 e. The van der Waals surface area contributed by atoms with Crippen LogP contribution in [0.15, 0.2) is 78.9 Å². The van der Waals surface area contributed by atoms with Gasteiger partial charge in [-0.15, -0.1) is 0 Å². The van der Waals surface area contributed by atoms with Gasteiger partial charge in [0, 0.05) is 28.5 Å². The van der Waals surface area contributed by atoms with Crippen LogP contribution in [0, 0.1) is 22.0 Å². The molecule has 0 unspecified atom stereocenters. The first-order valence-electron chi connectivity index (χ1n) is 11.6. The minimum atomic E-state index is -0.989. The van der Waals surface area contributed by atoms with Gasteiger partial charge >= 0.3 is 0 Å². The van der Waals surface area contributed by atoms with E-state index in [4.69, 9.17) is 11.6 Å². The normalized spacial score (nSPS) is 23.5. The van der Waals surface area contributed by atoms with Crippen LogP contribution in [0.2, 0.25) is 5.02 Å². The lowest BCUT2D eigenvalue weighted by atomic mass is 9.88. The van der Waals surface area contributed by atoms with Gasteiger partial charge in [0.15, 0.2) is 0 Å². The minimum Gasteiger partial charge on any atom is -0.351 e. The van der Waals surface area contributed by atoms with E-state index in [1.807, 2.05) is 41.3 Å². The molecule has 3 aromatic carbocycles. The molecule has 10 heteroatoms. The average molecular weight is 515 g/mol. The molecule has 0 aliphatic carbocycles. The summed E-state index contributed by atoms with van der Waals surface area (Å²) in [6.07, 6.45) is 3.77. The number of nitro benzene ring substituents is 1. The molecule has 2 fully saturated rings. The second-order valence-electron chi connectivity index (χ2n) is 9.10. The Labute approximate surface area is 216 Å². The number of halogens is 1. The van der Waals surface area contributed by atoms with Crippen molar-refractivity contribution in [2.24, 2.45) is 11.8 Å². The fraction of sp³-hybridized carbons (Fsp3) is 0.148. The van der Waals surface area contributed by atoms with Gasteiger partial charge < -0.3 is 10.2 Å². The molecule has 3 aliphatic rings. The number of imide groups is 1. The Morgan fingerprint density at radius 2 is 1.68 bits per heavy atom. The standard InChI is InChI=1S/C27H19ClN4O5/c28-16-5-3-6-19(14-16)30-26(34)22-21-13-8-15-4-1-2-7-20(15)31(21)24(23(22)27(30)35)25(33)29-17-9-11-18(12-10-17)32(36)37/h1-14,21-24H,(H,29,33)/t21-,22-,23-,24+/m1/s1. The Hall–Kier alpha value is -4.50. The molecule has 37 heavy (non-hydrogen) atoms. The van der Waals surface area contributed by atoms with Gasteiger partial charge in [0.1, 0.15) is 6.04 Å². The molecule has 0 radical (unpaired) electrons. The van der Waals surface area contributed by atoms with Crippen LogP contribution in [0.3, 0.4) is 0 Å². The fourth-order valence-corrected chi connectivity index (χ4v) is 5.75. The third kappa shape index (κ3) is 3.58. The van der Waals surface area contributed by atoms with Crippen LogP contribution in [0.5, 0.6) is 0 Å². The van der Waals surface area contributed by atoms with Crippen LogP contribution in [0.1, 0.15) is 5.56 Å². The topological polar surface area (TPSA) is 113 Å². The first-order chi connectivity index (χ1) is 17.8. The van der Waals surface area contributed by atoms with Crippen molar-refractivity contribution in [3.63, 3.8) is 0 Å². The van der Waals surface area contributed by atoms with Gasteiger partial charge in [0.2, 0.25) is 17.7 Å². The molecule has 0 spiro atoms. The lowest BCUT2D eigenvalue weighted by Gasteiger charge is -2.36. The van der Waals surface area contributed by atoms with Crippen LogP contribution in [-0.4, -0.2) is 34.7 Å². The number of carbonyl (C=O) groups excluding carboxylic acids is 3. The van der Waals surface area contributed by atoms with E-state index in [1.54, 1.807) is 24.3 Å². The molecule has 3 amide bonds. The summed E-state index contributed by atoms with van der Waals surface area (Å²) in [6, 6.07) is 17.9. The molecule has 6 rings (SSSR count). The highest BCUT2D eigenvalue weighted by Crippen LogP contribution is 2.49. The van der Waals surface area contributed by atoms with Gasteiger partial charge in [-0.05, 0) is 42.0 Å². The number of para-hydroxylation sites is 1. The van der Waals surface area contributed by atoms with Crippen LogP contribution < -0.4 is 15.1 Å². The predicted octanol–water partition coefficient (Wildman–Crippen LogP) is 4.28. The Morgan fingerprint density at radius 3 is 2.41 bits per heavy atom. The van der Waals surface area contributed by atoms with Gasteiger partial charge in [-0.25, -0.2) is 4.90 Å². The number of nitrogens with one attached hydrogen (secondary N) is 1. The second kappa shape index (κ2) is 8.56. The van der Waals surface area contributed by atoms with Crippen LogP contribution >= 0.6 is 11.6 Å². The van der Waals surface area contributed by atoms with Crippen molar-refractivity contribution in [3.8, 4) is 0 Å². The molecule has 2 saturated heterocycles. The number of hydrogen-bond donors (Lipinski definition) is 1. The monoisotopic (exact) mass is 514 g/mol. The smallest absolute Gasteiger partial charge is 0.269 e. The quantitative estimate of drug-likeness (QED) is 0.316. The van der Waals surface area contributed by atoms with Crippen molar-refractivity contribution >= 4 is 58.1 Å². The van der Waals surface area contributed by atoms with Gasteiger partial charge in [-0.2, -0.15) is 0 Å². The maximum absolute atomic E-state index is 13.8.